The van der Waals surface area contributed by atoms with Crippen LogP contribution in [0, 0.1) is 11.3 Å². The molecule has 1 aromatic heterocycles. The number of nitrogens with zero attached hydrogens (tertiary/aromatic N) is 2. The van der Waals surface area contributed by atoms with Gasteiger partial charge in [0.2, 0.25) is 5.91 Å². The molecular formula is C21H16ClN3O. The first-order valence-electron chi connectivity index (χ1n) is 8.11. The number of para-hydroxylation sites is 1. The fraction of sp³-hybridized carbons (Fsp3) is 0.0952. The second-order valence-electron chi connectivity index (χ2n) is 5.82. The SMILES string of the molecule is N#Cc1ccccc1NC(=O)C(Cc1cccnc1)c1ccc(Cl)cc1. The van der Waals surface area contributed by atoms with E-state index < -0.39 is 5.92 Å². The summed E-state index contributed by atoms with van der Waals surface area (Å²) in [6.07, 6.45) is 3.94. The molecule has 3 aromatic rings. The van der Waals surface area contributed by atoms with Crippen molar-refractivity contribution >= 4 is 23.2 Å². The maximum Gasteiger partial charge on any atom is 0.232 e. The first kappa shape index (κ1) is 17.7. The summed E-state index contributed by atoms with van der Waals surface area (Å²) in [5.41, 5.74) is 2.74. The van der Waals surface area contributed by atoms with Crippen LogP contribution in [0.25, 0.3) is 0 Å². The number of amides is 1. The monoisotopic (exact) mass is 361 g/mol. The van der Waals surface area contributed by atoms with E-state index in [1.807, 2.05) is 24.3 Å². The first-order valence-corrected chi connectivity index (χ1v) is 8.49. The number of anilines is 1. The van der Waals surface area contributed by atoms with E-state index in [-0.39, 0.29) is 5.91 Å². The van der Waals surface area contributed by atoms with E-state index in [0.29, 0.717) is 22.7 Å². The summed E-state index contributed by atoms with van der Waals surface area (Å²) in [4.78, 5) is 17.1. The van der Waals surface area contributed by atoms with Gasteiger partial charge in [-0.05, 0) is 47.9 Å². The average molecular weight is 362 g/mol. The Hall–Kier alpha value is -3.16. The predicted octanol–water partition coefficient (Wildman–Crippen LogP) is 4.57. The van der Waals surface area contributed by atoms with Gasteiger partial charge < -0.3 is 5.32 Å². The quantitative estimate of drug-likeness (QED) is 0.723. The van der Waals surface area contributed by atoms with Gasteiger partial charge >= 0.3 is 0 Å². The summed E-state index contributed by atoms with van der Waals surface area (Å²) >= 11 is 5.98. The Kier molecular flexibility index (Phi) is 5.62. The molecule has 26 heavy (non-hydrogen) atoms. The van der Waals surface area contributed by atoms with E-state index in [1.165, 1.54) is 0 Å². The van der Waals surface area contributed by atoms with Crippen LogP contribution in [0.3, 0.4) is 0 Å². The highest BCUT2D eigenvalue weighted by atomic mass is 35.5. The molecule has 0 fully saturated rings. The van der Waals surface area contributed by atoms with Gasteiger partial charge in [0, 0.05) is 17.4 Å². The highest BCUT2D eigenvalue weighted by Crippen LogP contribution is 2.25. The van der Waals surface area contributed by atoms with Crippen LogP contribution in [-0.2, 0) is 11.2 Å². The van der Waals surface area contributed by atoms with Crippen molar-refractivity contribution in [3.05, 3.63) is 94.8 Å². The van der Waals surface area contributed by atoms with Crippen molar-refractivity contribution in [2.24, 2.45) is 0 Å². The van der Waals surface area contributed by atoms with Gasteiger partial charge in [0.05, 0.1) is 17.2 Å². The molecule has 1 unspecified atom stereocenters. The molecule has 0 bridgehead atoms. The number of halogens is 1. The highest BCUT2D eigenvalue weighted by molar-refractivity contribution is 6.30. The molecule has 1 amide bonds. The van der Waals surface area contributed by atoms with Crippen molar-refractivity contribution < 1.29 is 4.79 Å². The van der Waals surface area contributed by atoms with Crippen LogP contribution >= 0.6 is 11.6 Å². The van der Waals surface area contributed by atoms with Gasteiger partial charge in [-0.2, -0.15) is 5.26 Å². The van der Waals surface area contributed by atoms with Crippen molar-refractivity contribution in [3.63, 3.8) is 0 Å². The molecule has 4 nitrogen and oxygen atoms in total. The molecule has 5 heteroatoms. The molecule has 3 rings (SSSR count). The molecule has 0 saturated carbocycles. The van der Waals surface area contributed by atoms with Crippen LogP contribution in [0.2, 0.25) is 5.02 Å². The van der Waals surface area contributed by atoms with Crippen LogP contribution in [-0.4, -0.2) is 10.9 Å². The van der Waals surface area contributed by atoms with Gasteiger partial charge in [0.1, 0.15) is 6.07 Å². The Morgan fingerprint density at radius 1 is 1.12 bits per heavy atom. The number of nitriles is 1. The van der Waals surface area contributed by atoms with Gasteiger partial charge in [0.15, 0.2) is 0 Å². The smallest absolute Gasteiger partial charge is 0.232 e. The number of pyridine rings is 1. The van der Waals surface area contributed by atoms with Crippen LogP contribution < -0.4 is 5.32 Å². The topological polar surface area (TPSA) is 65.8 Å². The Balaban J connectivity index is 1.90. The summed E-state index contributed by atoms with van der Waals surface area (Å²) in [6, 6.07) is 20.1. The minimum atomic E-state index is -0.428. The normalized spacial score (nSPS) is 11.4. The zero-order valence-corrected chi connectivity index (χ0v) is 14.6. The molecule has 128 valence electrons. The third-order valence-corrected chi connectivity index (χ3v) is 4.31. The Morgan fingerprint density at radius 2 is 1.88 bits per heavy atom. The maximum atomic E-state index is 13.0. The van der Waals surface area contributed by atoms with Crippen LogP contribution in [0.5, 0.6) is 0 Å². The minimum Gasteiger partial charge on any atom is -0.324 e. The van der Waals surface area contributed by atoms with E-state index in [4.69, 9.17) is 11.6 Å². The summed E-state index contributed by atoms with van der Waals surface area (Å²) in [5, 5.41) is 12.7. The number of rotatable bonds is 5. The van der Waals surface area contributed by atoms with Crippen molar-refractivity contribution in [1.82, 2.24) is 4.98 Å². The zero-order valence-electron chi connectivity index (χ0n) is 13.9. The Morgan fingerprint density at radius 3 is 2.58 bits per heavy atom. The molecule has 0 radical (unpaired) electrons. The molecule has 0 aliphatic rings. The lowest BCUT2D eigenvalue weighted by molar-refractivity contribution is -0.117. The standard InChI is InChI=1S/C21H16ClN3O/c22-18-9-7-16(8-10-18)19(12-15-4-3-11-24-14-15)21(26)25-20-6-2-1-5-17(20)13-23/h1-11,14,19H,12H2,(H,25,26). The van der Waals surface area contributed by atoms with E-state index in [9.17, 15) is 10.1 Å². The van der Waals surface area contributed by atoms with E-state index in [2.05, 4.69) is 16.4 Å². The summed E-state index contributed by atoms with van der Waals surface area (Å²) in [6.45, 7) is 0. The highest BCUT2D eigenvalue weighted by Gasteiger charge is 2.22. The third-order valence-electron chi connectivity index (χ3n) is 4.06. The number of carbonyl (C=O) groups excluding carboxylic acids is 1. The molecule has 0 saturated heterocycles. The summed E-state index contributed by atoms with van der Waals surface area (Å²) in [5.74, 6) is -0.609. The minimum absolute atomic E-state index is 0.182. The third kappa shape index (κ3) is 4.27. The molecule has 0 aliphatic carbocycles. The molecular weight excluding hydrogens is 346 g/mol. The van der Waals surface area contributed by atoms with Crippen LogP contribution in [0.15, 0.2) is 73.1 Å². The number of nitrogens with one attached hydrogen (secondary N) is 1. The molecule has 1 N–H and O–H groups in total. The lowest BCUT2D eigenvalue weighted by atomic mass is 9.91. The van der Waals surface area contributed by atoms with Crippen molar-refractivity contribution in [3.8, 4) is 6.07 Å². The lowest BCUT2D eigenvalue weighted by Gasteiger charge is -2.18. The van der Waals surface area contributed by atoms with Crippen LogP contribution in [0.4, 0.5) is 5.69 Å². The Bertz CT molecular complexity index is 933. The Labute approximate surface area is 157 Å². The summed E-state index contributed by atoms with van der Waals surface area (Å²) < 4.78 is 0. The van der Waals surface area contributed by atoms with E-state index in [0.717, 1.165) is 11.1 Å². The van der Waals surface area contributed by atoms with Gasteiger partial charge in [-0.3, -0.25) is 9.78 Å². The number of hydrogen-bond acceptors (Lipinski definition) is 3. The molecule has 0 spiro atoms. The molecule has 0 aliphatic heterocycles. The van der Waals surface area contributed by atoms with Crippen molar-refractivity contribution in [2.45, 2.75) is 12.3 Å². The molecule has 1 atom stereocenters. The van der Waals surface area contributed by atoms with Crippen LogP contribution in [0.1, 0.15) is 22.6 Å². The van der Waals surface area contributed by atoms with E-state index in [1.54, 1.807) is 48.8 Å². The molecule has 1 heterocycles. The van der Waals surface area contributed by atoms with E-state index >= 15 is 0 Å². The second-order valence-corrected chi connectivity index (χ2v) is 6.25. The fourth-order valence-corrected chi connectivity index (χ4v) is 2.85. The zero-order chi connectivity index (χ0) is 18.4. The number of benzene rings is 2. The summed E-state index contributed by atoms with van der Waals surface area (Å²) in [7, 11) is 0. The first-order chi connectivity index (χ1) is 12.7. The van der Waals surface area contributed by atoms with Gasteiger partial charge in [-0.25, -0.2) is 0 Å². The van der Waals surface area contributed by atoms with Gasteiger partial charge in [-0.15, -0.1) is 0 Å². The predicted molar refractivity (Wildman–Crippen MR) is 102 cm³/mol. The average Bonchev–Trinajstić information content (AvgIpc) is 2.68. The number of carbonyl (C=O) groups is 1. The largest absolute Gasteiger partial charge is 0.324 e. The van der Waals surface area contributed by atoms with Crippen molar-refractivity contribution in [1.29, 1.82) is 5.26 Å². The van der Waals surface area contributed by atoms with Gasteiger partial charge in [0.25, 0.3) is 0 Å². The fourth-order valence-electron chi connectivity index (χ4n) is 2.72. The second kappa shape index (κ2) is 8.28. The molecule has 2 aromatic carbocycles. The lowest BCUT2D eigenvalue weighted by Crippen LogP contribution is -2.23. The number of aromatic nitrogens is 1. The van der Waals surface area contributed by atoms with Crippen molar-refractivity contribution in [2.75, 3.05) is 5.32 Å². The maximum absolute atomic E-state index is 13.0. The van der Waals surface area contributed by atoms with Gasteiger partial charge in [-0.1, -0.05) is 41.9 Å². The number of hydrogen-bond donors (Lipinski definition) is 1.